The van der Waals surface area contributed by atoms with E-state index >= 15 is 0 Å². The Morgan fingerprint density at radius 2 is 2.25 bits per heavy atom. The first-order valence-corrected chi connectivity index (χ1v) is 5.31. The van der Waals surface area contributed by atoms with Crippen LogP contribution in [0.1, 0.15) is 5.56 Å². The van der Waals surface area contributed by atoms with Gasteiger partial charge in [-0.25, -0.2) is 9.18 Å². The Bertz CT molecular complexity index is 446. The van der Waals surface area contributed by atoms with Gasteiger partial charge in [0.05, 0.1) is 4.47 Å². The van der Waals surface area contributed by atoms with Gasteiger partial charge in [0.15, 0.2) is 0 Å². The molecular formula is C11H11BrFNO2. The lowest BCUT2D eigenvalue weighted by atomic mass is 10.2. The van der Waals surface area contributed by atoms with Gasteiger partial charge in [0.25, 0.3) is 0 Å². The van der Waals surface area contributed by atoms with Crippen molar-refractivity contribution in [1.29, 1.82) is 0 Å². The highest BCUT2D eigenvalue weighted by Crippen LogP contribution is 2.24. The summed E-state index contributed by atoms with van der Waals surface area (Å²) in [6.07, 6.45) is 0. The second-order valence-corrected chi connectivity index (χ2v) is 4.20. The fourth-order valence-corrected chi connectivity index (χ4v) is 1.46. The van der Waals surface area contributed by atoms with Crippen LogP contribution in [0, 0.1) is 12.7 Å². The van der Waals surface area contributed by atoms with Crippen LogP contribution in [0.25, 0.3) is 0 Å². The van der Waals surface area contributed by atoms with E-state index in [0.717, 1.165) is 0 Å². The van der Waals surface area contributed by atoms with E-state index in [4.69, 9.17) is 5.11 Å². The molecule has 0 saturated carbocycles. The molecule has 1 aromatic carbocycles. The van der Waals surface area contributed by atoms with Crippen LogP contribution in [0.15, 0.2) is 28.8 Å². The molecule has 5 heteroatoms. The van der Waals surface area contributed by atoms with Crippen molar-refractivity contribution in [3.8, 4) is 0 Å². The van der Waals surface area contributed by atoms with Crippen molar-refractivity contribution in [1.82, 2.24) is 0 Å². The predicted molar refractivity (Wildman–Crippen MR) is 64.1 cm³/mol. The van der Waals surface area contributed by atoms with Gasteiger partial charge in [-0.3, -0.25) is 0 Å². The molecule has 0 saturated heterocycles. The Labute approximate surface area is 101 Å². The maximum Gasteiger partial charge on any atom is 0.332 e. The number of carbonyl (C=O) groups is 1. The number of hydrogen-bond donors (Lipinski definition) is 2. The standard InChI is InChI=1S/C11H11BrFNO2/c1-6-3-9(13)8(12)4-10(6)14-5-7(2)11(15)16/h3-4,14H,2,5H2,1H3,(H,15,16). The summed E-state index contributed by atoms with van der Waals surface area (Å²) in [7, 11) is 0. The molecule has 0 heterocycles. The summed E-state index contributed by atoms with van der Waals surface area (Å²) >= 11 is 3.06. The molecular weight excluding hydrogens is 277 g/mol. The topological polar surface area (TPSA) is 49.3 Å². The first-order valence-electron chi connectivity index (χ1n) is 4.52. The van der Waals surface area contributed by atoms with E-state index in [-0.39, 0.29) is 17.9 Å². The highest BCUT2D eigenvalue weighted by Gasteiger charge is 2.07. The normalized spacial score (nSPS) is 9.94. The van der Waals surface area contributed by atoms with E-state index in [0.29, 0.717) is 15.7 Å². The molecule has 0 aromatic heterocycles. The second-order valence-electron chi connectivity index (χ2n) is 3.34. The first-order chi connectivity index (χ1) is 7.41. The Morgan fingerprint density at radius 1 is 1.62 bits per heavy atom. The number of hydrogen-bond acceptors (Lipinski definition) is 2. The number of rotatable bonds is 4. The minimum atomic E-state index is -1.05. The quantitative estimate of drug-likeness (QED) is 0.837. The average molecular weight is 288 g/mol. The first kappa shape index (κ1) is 12.7. The van der Waals surface area contributed by atoms with E-state index in [2.05, 4.69) is 27.8 Å². The third-order valence-corrected chi connectivity index (χ3v) is 2.67. The van der Waals surface area contributed by atoms with Crippen molar-refractivity contribution in [2.24, 2.45) is 0 Å². The van der Waals surface area contributed by atoms with E-state index in [1.54, 1.807) is 13.0 Å². The van der Waals surface area contributed by atoms with Crippen molar-refractivity contribution < 1.29 is 14.3 Å². The molecule has 3 nitrogen and oxygen atoms in total. The third-order valence-electron chi connectivity index (χ3n) is 2.06. The second kappa shape index (κ2) is 5.12. The third kappa shape index (κ3) is 3.06. The predicted octanol–water partition coefficient (Wildman–Crippen LogP) is 2.95. The van der Waals surface area contributed by atoms with Crippen molar-refractivity contribution in [3.05, 3.63) is 40.1 Å². The van der Waals surface area contributed by atoms with Crippen LogP contribution in [-0.4, -0.2) is 17.6 Å². The molecule has 86 valence electrons. The highest BCUT2D eigenvalue weighted by atomic mass is 79.9. The summed E-state index contributed by atoms with van der Waals surface area (Å²) in [6.45, 7) is 5.25. The Hall–Kier alpha value is -1.36. The summed E-state index contributed by atoms with van der Waals surface area (Å²) in [5.74, 6) is -1.40. The lowest BCUT2D eigenvalue weighted by molar-refractivity contribution is -0.132. The van der Waals surface area contributed by atoms with Crippen LogP contribution in [0.4, 0.5) is 10.1 Å². The Kier molecular flexibility index (Phi) is 4.06. The number of carboxylic acid groups (broad SMARTS) is 1. The molecule has 0 radical (unpaired) electrons. The lowest BCUT2D eigenvalue weighted by Crippen LogP contribution is -2.12. The lowest BCUT2D eigenvalue weighted by Gasteiger charge is -2.10. The van der Waals surface area contributed by atoms with Crippen molar-refractivity contribution in [3.63, 3.8) is 0 Å². The van der Waals surface area contributed by atoms with Gasteiger partial charge in [0.1, 0.15) is 5.82 Å². The summed E-state index contributed by atoms with van der Waals surface area (Å²) in [5.41, 5.74) is 1.44. The molecule has 16 heavy (non-hydrogen) atoms. The maximum absolute atomic E-state index is 13.1. The van der Waals surface area contributed by atoms with Crippen molar-refractivity contribution in [2.45, 2.75) is 6.92 Å². The number of halogens is 2. The molecule has 0 atom stereocenters. The van der Waals surface area contributed by atoms with Crippen molar-refractivity contribution >= 4 is 27.6 Å². The van der Waals surface area contributed by atoms with Gasteiger partial charge in [-0.2, -0.15) is 0 Å². The van der Waals surface area contributed by atoms with E-state index in [9.17, 15) is 9.18 Å². The summed E-state index contributed by atoms with van der Waals surface area (Å²) in [6, 6.07) is 2.94. The number of aryl methyl sites for hydroxylation is 1. The van der Waals surface area contributed by atoms with Gasteiger partial charge in [0.2, 0.25) is 0 Å². The van der Waals surface area contributed by atoms with Crippen LogP contribution < -0.4 is 5.32 Å². The molecule has 0 unspecified atom stereocenters. The number of anilines is 1. The minimum Gasteiger partial charge on any atom is -0.478 e. The molecule has 1 rings (SSSR count). The molecule has 2 N–H and O–H groups in total. The monoisotopic (exact) mass is 287 g/mol. The van der Waals surface area contributed by atoms with Gasteiger partial charge >= 0.3 is 5.97 Å². The summed E-state index contributed by atoms with van der Waals surface area (Å²) in [5, 5.41) is 11.5. The largest absolute Gasteiger partial charge is 0.478 e. The summed E-state index contributed by atoms with van der Waals surface area (Å²) in [4.78, 5) is 10.5. The smallest absolute Gasteiger partial charge is 0.332 e. The highest BCUT2D eigenvalue weighted by molar-refractivity contribution is 9.10. The maximum atomic E-state index is 13.1. The molecule has 0 bridgehead atoms. The number of carboxylic acids is 1. The SMILES string of the molecule is C=C(CNc1cc(Br)c(F)cc1C)C(=O)O. The minimum absolute atomic E-state index is 0.0554. The number of aliphatic carboxylic acids is 1. The fourth-order valence-electron chi connectivity index (χ4n) is 1.11. The Balaban J connectivity index is 2.78. The summed E-state index contributed by atoms with van der Waals surface area (Å²) < 4.78 is 13.4. The van der Waals surface area contributed by atoms with Gasteiger partial charge < -0.3 is 10.4 Å². The van der Waals surface area contributed by atoms with Crippen LogP contribution in [0.3, 0.4) is 0 Å². The zero-order valence-electron chi connectivity index (χ0n) is 8.68. The van der Waals surface area contributed by atoms with Crippen molar-refractivity contribution in [2.75, 3.05) is 11.9 Å². The molecule has 0 spiro atoms. The van der Waals surface area contributed by atoms with Crippen LogP contribution in [-0.2, 0) is 4.79 Å². The molecule has 0 fully saturated rings. The Morgan fingerprint density at radius 3 is 2.81 bits per heavy atom. The molecule has 0 aliphatic carbocycles. The molecule has 1 aromatic rings. The van der Waals surface area contributed by atoms with Crippen LogP contribution >= 0.6 is 15.9 Å². The average Bonchev–Trinajstić information content (AvgIpc) is 2.20. The van der Waals surface area contributed by atoms with Crippen LogP contribution in [0.2, 0.25) is 0 Å². The number of benzene rings is 1. The molecule has 0 amide bonds. The van der Waals surface area contributed by atoms with E-state index in [1.807, 2.05) is 0 Å². The zero-order chi connectivity index (χ0) is 12.3. The van der Waals surface area contributed by atoms with Crippen LogP contribution in [0.5, 0.6) is 0 Å². The fraction of sp³-hybridized carbons (Fsp3) is 0.182. The molecule has 0 aliphatic rings. The number of nitrogens with one attached hydrogen (secondary N) is 1. The van der Waals surface area contributed by atoms with Gasteiger partial charge in [0, 0.05) is 17.8 Å². The van der Waals surface area contributed by atoms with E-state index in [1.165, 1.54) is 6.07 Å². The van der Waals surface area contributed by atoms with Gasteiger partial charge in [-0.1, -0.05) is 6.58 Å². The zero-order valence-corrected chi connectivity index (χ0v) is 10.3. The molecule has 0 aliphatic heterocycles. The van der Waals surface area contributed by atoms with Gasteiger partial charge in [-0.05, 0) is 40.5 Å². The van der Waals surface area contributed by atoms with E-state index < -0.39 is 5.97 Å². The van der Waals surface area contributed by atoms with Gasteiger partial charge in [-0.15, -0.1) is 0 Å².